The Bertz CT molecular complexity index is 548. The van der Waals surface area contributed by atoms with E-state index < -0.39 is 0 Å². The van der Waals surface area contributed by atoms with E-state index in [2.05, 4.69) is 51.5 Å². The van der Waals surface area contributed by atoms with Crippen LogP contribution in [-0.2, 0) is 0 Å². The fourth-order valence-corrected chi connectivity index (χ4v) is 2.59. The van der Waals surface area contributed by atoms with E-state index in [4.69, 9.17) is 0 Å². The second-order valence-corrected chi connectivity index (χ2v) is 4.98. The Hall–Kier alpha value is -1.31. The molecule has 2 aromatic heterocycles. The average Bonchev–Trinajstić information content (AvgIpc) is 2.53. The summed E-state index contributed by atoms with van der Waals surface area (Å²) < 4.78 is 0. The summed E-state index contributed by atoms with van der Waals surface area (Å²) in [6, 6.07) is 0. The third-order valence-electron chi connectivity index (χ3n) is 3.43. The van der Waals surface area contributed by atoms with E-state index in [0.29, 0.717) is 5.92 Å². The predicted octanol–water partition coefficient (Wildman–Crippen LogP) is 3.92. The van der Waals surface area contributed by atoms with Gasteiger partial charge in [-0.3, -0.25) is 4.98 Å². The van der Waals surface area contributed by atoms with Gasteiger partial charge in [0.1, 0.15) is 0 Å². The Morgan fingerprint density at radius 3 is 2.19 bits per heavy atom. The topological polar surface area (TPSA) is 28.7 Å². The van der Waals surface area contributed by atoms with Crippen molar-refractivity contribution < 1.29 is 0 Å². The van der Waals surface area contributed by atoms with Crippen molar-refractivity contribution in [2.24, 2.45) is 0 Å². The first kappa shape index (κ1) is 11.2. The number of fused-ring (bicyclic) bond motifs is 1. The van der Waals surface area contributed by atoms with Gasteiger partial charge in [-0.2, -0.15) is 0 Å². The fourth-order valence-electron chi connectivity index (χ4n) is 2.59. The molecule has 0 fully saturated rings. The number of H-pyrrole nitrogens is 1. The van der Waals surface area contributed by atoms with Crippen LogP contribution in [0.2, 0.25) is 0 Å². The van der Waals surface area contributed by atoms with E-state index in [-0.39, 0.29) is 0 Å². The molecule has 0 aliphatic carbocycles. The molecule has 0 saturated carbocycles. The molecule has 0 aliphatic heterocycles. The van der Waals surface area contributed by atoms with Crippen LogP contribution in [-0.4, -0.2) is 9.97 Å². The van der Waals surface area contributed by atoms with Gasteiger partial charge in [-0.15, -0.1) is 0 Å². The summed E-state index contributed by atoms with van der Waals surface area (Å²) in [4.78, 5) is 8.07. The fraction of sp³-hybridized carbons (Fsp3) is 0.500. The van der Waals surface area contributed by atoms with Gasteiger partial charge in [-0.25, -0.2) is 0 Å². The standard InChI is InChI=1S/C14H20N2/c1-7(2)12-10(5)16-14-11(6)15-9(4)8(3)13(12)14/h7,16H,1-6H3. The van der Waals surface area contributed by atoms with E-state index in [1.54, 1.807) is 0 Å². The zero-order valence-corrected chi connectivity index (χ0v) is 11.0. The smallest absolute Gasteiger partial charge is 0.0678 e. The second kappa shape index (κ2) is 3.62. The molecule has 0 saturated heterocycles. The van der Waals surface area contributed by atoms with Crippen LogP contribution in [0.25, 0.3) is 10.9 Å². The van der Waals surface area contributed by atoms with Crippen LogP contribution in [0.1, 0.15) is 48.0 Å². The summed E-state index contributed by atoms with van der Waals surface area (Å²) in [6.45, 7) is 13.0. The molecule has 2 heterocycles. The van der Waals surface area contributed by atoms with Gasteiger partial charge in [0.05, 0.1) is 11.2 Å². The first-order chi connectivity index (χ1) is 7.43. The Labute approximate surface area is 97.1 Å². The molecule has 2 aromatic rings. The van der Waals surface area contributed by atoms with Crippen molar-refractivity contribution in [2.45, 2.75) is 47.5 Å². The van der Waals surface area contributed by atoms with Gasteiger partial charge >= 0.3 is 0 Å². The molecule has 86 valence electrons. The lowest BCUT2D eigenvalue weighted by Crippen LogP contribution is -1.95. The highest BCUT2D eigenvalue weighted by molar-refractivity contribution is 5.90. The molecule has 2 heteroatoms. The molecule has 0 unspecified atom stereocenters. The Balaban J connectivity index is 2.97. The van der Waals surface area contributed by atoms with E-state index in [1.165, 1.54) is 27.7 Å². The molecule has 16 heavy (non-hydrogen) atoms. The first-order valence-electron chi connectivity index (χ1n) is 5.89. The lowest BCUT2D eigenvalue weighted by Gasteiger charge is -2.09. The molecule has 0 aliphatic rings. The van der Waals surface area contributed by atoms with Gasteiger partial charge in [-0.05, 0) is 44.7 Å². The molecule has 0 bridgehead atoms. The normalized spacial score (nSPS) is 11.7. The van der Waals surface area contributed by atoms with E-state index in [0.717, 1.165) is 11.4 Å². The lowest BCUT2D eigenvalue weighted by molar-refractivity contribution is 0.863. The minimum absolute atomic E-state index is 0.550. The molecule has 2 nitrogen and oxygen atoms in total. The summed E-state index contributed by atoms with van der Waals surface area (Å²) in [7, 11) is 0. The van der Waals surface area contributed by atoms with Gasteiger partial charge in [0.15, 0.2) is 0 Å². The van der Waals surface area contributed by atoms with Crippen LogP contribution >= 0.6 is 0 Å². The van der Waals surface area contributed by atoms with Crippen LogP contribution in [0.5, 0.6) is 0 Å². The predicted molar refractivity (Wildman–Crippen MR) is 69.1 cm³/mol. The number of pyridine rings is 1. The van der Waals surface area contributed by atoms with Crippen LogP contribution in [0, 0.1) is 27.7 Å². The number of hydrogen-bond donors (Lipinski definition) is 1. The van der Waals surface area contributed by atoms with Crippen LogP contribution in [0.4, 0.5) is 0 Å². The van der Waals surface area contributed by atoms with Gasteiger partial charge in [0, 0.05) is 16.8 Å². The third-order valence-corrected chi connectivity index (χ3v) is 3.43. The molecular formula is C14H20N2. The van der Waals surface area contributed by atoms with E-state index in [9.17, 15) is 0 Å². The Morgan fingerprint density at radius 2 is 1.62 bits per heavy atom. The number of aromatic amines is 1. The van der Waals surface area contributed by atoms with Crippen LogP contribution in [0.15, 0.2) is 0 Å². The molecule has 0 amide bonds. The van der Waals surface area contributed by atoms with Crippen molar-refractivity contribution in [2.75, 3.05) is 0 Å². The SMILES string of the molecule is Cc1nc(C)c2[nH]c(C)c(C(C)C)c2c1C. The minimum Gasteiger partial charge on any atom is -0.357 e. The van der Waals surface area contributed by atoms with Crippen molar-refractivity contribution in [3.63, 3.8) is 0 Å². The van der Waals surface area contributed by atoms with Gasteiger partial charge < -0.3 is 4.98 Å². The van der Waals surface area contributed by atoms with Crippen molar-refractivity contribution in [1.82, 2.24) is 9.97 Å². The molecule has 0 spiro atoms. The molecule has 2 rings (SSSR count). The molecule has 0 atom stereocenters. The zero-order chi connectivity index (χ0) is 12.0. The summed E-state index contributed by atoms with van der Waals surface area (Å²) in [5.74, 6) is 0.550. The number of aryl methyl sites for hydroxylation is 4. The summed E-state index contributed by atoms with van der Waals surface area (Å²) in [5, 5.41) is 1.39. The van der Waals surface area contributed by atoms with Crippen LogP contribution in [0.3, 0.4) is 0 Å². The molecule has 0 radical (unpaired) electrons. The van der Waals surface area contributed by atoms with Crippen molar-refractivity contribution in [3.8, 4) is 0 Å². The lowest BCUT2D eigenvalue weighted by atomic mass is 9.96. The summed E-state index contributed by atoms with van der Waals surface area (Å²) in [6.07, 6.45) is 0. The summed E-state index contributed by atoms with van der Waals surface area (Å²) >= 11 is 0. The summed E-state index contributed by atoms with van der Waals surface area (Å²) in [5.41, 5.74) is 7.50. The highest BCUT2D eigenvalue weighted by atomic mass is 14.8. The highest BCUT2D eigenvalue weighted by Gasteiger charge is 2.16. The van der Waals surface area contributed by atoms with Crippen LogP contribution < -0.4 is 0 Å². The Kier molecular flexibility index (Phi) is 2.53. The molecule has 0 aromatic carbocycles. The van der Waals surface area contributed by atoms with E-state index >= 15 is 0 Å². The highest BCUT2D eigenvalue weighted by Crippen LogP contribution is 2.33. The minimum atomic E-state index is 0.550. The zero-order valence-electron chi connectivity index (χ0n) is 11.0. The van der Waals surface area contributed by atoms with Crippen molar-refractivity contribution in [1.29, 1.82) is 0 Å². The number of aromatic nitrogens is 2. The average molecular weight is 216 g/mol. The maximum absolute atomic E-state index is 4.58. The Morgan fingerprint density at radius 1 is 1.00 bits per heavy atom. The number of nitrogens with zero attached hydrogens (tertiary/aromatic N) is 1. The monoisotopic (exact) mass is 216 g/mol. The van der Waals surface area contributed by atoms with E-state index in [1.807, 2.05) is 0 Å². The third kappa shape index (κ3) is 1.44. The quantitative estimate of drug-likeness (QED) is 0.769. The first-order valence-corrected chi connectivity index (χ1v) is 5.89. The maximum Gasteiger partial charge on any atom is 0.0678 e. The molecule has 1 N–H and O–H groups in total. The number of hydrogen-bond acceptors (Lipinski definition) is 1. The van der Waals surface area contributed by atoms with Gasteiger partial charge in [0.25, 0.3) is 0 Å². The maximum atomic E-state index is 4.58. The molecular weight excluding hydrogens is 196 g/mol. The largest absolute Gasteiger partial charge is 0.357 e. The van der Waals surface area contributed by atoms with Crippen molar-refractivity contribution >= 4 is 10.9 Å². The second-order valence-electron chi connectivity index (χ2n) is 4.98. The van der Waals surface area contributed by atoms with Gasteiger partial charge in [0.2, 0.25) is 0 Å². The number of nitrogens with one attached hydrogen (secondary N) is 1. The van der Waals surface area contributed by atoms with Gasteiger partial charge in [-0.1, -0.05) is 13.8 Å². The van der Waals surface area contributed by atoms with Crippen molar-refractivity contribution in [3.05, 3.63) is 28.2 Å². The number of rotatable bonds is 1.